The second-order valence-electron chi connectivity index (χ2n) is 5.36. The largest absolute Gasteiger partial charge is 0.327 e. The van der Waals surface area contributed by atoms with Crippen molar-refractivity contribution >= 4 is 27.8 Å². The fourth-order valence-electron chi connectivity index (χ4n) is 2.79. The first-order valence-electron chi connectivity index (χ1n) is 7.24. The Morgan fingerprint density at radius 2 is 1.85 bits per heavy atom. The second-order valence-corrected chi connectivity index (χ2v) is 5.36. The summed E-state index contributed by atoms with van der Waals surface area (Å²) in [5.41, 5.74) is -2.09. The van der Waals surface area contributed by atoms with Crippen molar-refractivity contribution in [3.05, 3.63) is 71.9 Å². The molecule has 3 aromatic heterocycles. The van der Waals surface area contributed by atoms with Gasteiger partial charge in [0.15, 0.2) is 5.65 Å². The van der Waals surface area contributed by atoms with Crippen molar-refractivity contribution in [1.82, 2.24) is 24.9 Å². The van der Waals surface area contributed by atoms with Gasteiger partial charge in [-0.1, -0.05) is 12.1 Å². The SMILES string of the molecule is O=c1[nH]c(=O)c2c(-c3cccc([N+](=O)[O-])c3)c3c(=O)[nH]cnc3nc2[nH]1. The van der Waals surface area contributed by atoms with Gasteiger partial charge in [-0.2, -0.15) is 0 Å². The van der Waals surface area contributed by atoms with E-state index in [1.807, 2.05) is 0 Å². The lowest BCUT2D eigenvalue weighted by atomic mass is 9.99. The molecule has 0 amide bonds. The van der Waals surface area contributed by atoms with Crippen molar-refractivity contribution in [1.29, 1.82) is 0 Å². The van der Waals surface area contributed by atoms with E-state index in [0.29, 0.717) is 0 Å². The zero-order valence-corrected chi connectivity index (χ0v) is 12.8. The van der Waals surface area contributed by atoms with Crippen molar-refractivity contribution in [2.24, 2.45) is 0 Å². The summed E-state index contributed by atoms with van der Waals surface area (Å²) in [7, 11) is 0. The van der Waals surface area contributed by atoms with Crippen LogP contribution in [0.2, 0.25) is 0 Å². The van der Waals surface area contributed by atoms with Gasteiger partial charge >= 0.3 is 5.69 Å². The molecule has 0 unspecified atom stereocenters. The van der Waals surface area contributed by atoms with Crippen LogP contribution >= 0.6 is 0 Å². The molecule has 26 heavy (non-hydrogen) atoms. The molecule has 0 aliphatic heterocycles. The van der Waals surface area contributed by atoms with E-state index in [1.165, 1.54) is 24.3 Å². The number of nitrogens with one attached hydrogen (secondary N) is 3. The molecule has 0 fully saturated rings. The summed E-state index contributed by atoms with van der Waals surface area (Å²) in [5, 5.41) is 11.0. The third kappa shape index (κ3) is 2.26. The van der Waals surface area contributed by atoms with Crippen molar-refractivity contribution in [3.8, 4) is 11.1 Å². The number of benzene rings is 1. The summed E-state index contributed by atoms with van der Waals surface area (Å²) in [4.78, 5) is 61.7. The van der Waals surface area contributed by atoms with Crippen LogP contribution in [0.15, 0.2) is 45.0 Å². The van der Waals surface area contributed by atoms with Crippen LogP contribution in [0.1, 0.15) is 0 Å². The predicted molar refractivity (Wildman–Crippen MR) is 91.0 cm³/mol. The number of H-pyrrole nitrogens is 3. The molecule has 0 aliphatic carbocycles. The number of rotatable bonds is 2. The maximum atomic E-state index is 12.4. The number of nitrogens with zero attached hydrogens (tertiary/aromatic N) is 3. The Bertz CT molecular complexity index is 1380. The van der Waals surface area contributed by atoms with Crippen LogP contribution < -0.4 is 16.8 Å². The number of pyridine rings is 1. The quantitative estimate of drug-likeness (QED) is 0.267. The summed E-state index contributed by atoms with van der Waals surface area (Å²) in [6.07, 6.45) is 1.13. The molecule has 3 heterocycles. The Kier molecular flexibility index (Phi) is 3.22. The zero-order valence-electron chi connectivity index (χ0n) is 12.8. The highest BCUT2D eigenvalue weighted by molar-refractivity contribution is 6.06. The molecule has 128 valence electrons. The van der Waals surface area contributed by atoms with Crippen LogP contribution in [-0.4, -0.2) is 29.8 Å². The molecular formula is C15H8N6O5. The minimum atomic E-state index is -0.775. The van der Waals surface area contributed by atoms with E-state index in [9.17, 15) is 24.5 Å². The van der Waals surface area contributed by atoms with Gasteiger partial charge in [-0.05, 0) is 5.56 Å². The Labute approximate surface area is 141 Å². The van der Waals surface area contributed by atoms with Gasteiger partial charge in [0.2, 0.25) is 0 Å². The number of fused-ring (bicyclic) bond motifs is 2. The predicted octanol–water partition coefficient (Wildman–Crippen LogP) is 0.423. The summed E-state index contributed by atoms with van der Waals surface area (Å²) in [6, 6.07) is 5.45. The van der Waals surface area contributed by atoms with Gasteiger partial charge < -0.3 is 4.98 Å². The number of aromatic amines is 3. The first kappa shape index (κ1) is 15.4. The first-order valence-corrected chi connectivity index (χ1v) is 7.24. The van der Waals surface area contributed by atoms with Crippen LogP contribution in [0.4, 0.5) is 5.69 Å². The van der Waals surface area contributed by atoms with Crippen molar-refractivity contribution in [2.45, 2.75) is 0 Å². The summed E-state index contributed by atoms with van der Waals surface area (Å²) < 4.78 is 0. The monoisotopic (exact) mass is 352 g/mol. The second kappa shape index (κ2) is 5.44. The van der Waals surface area contributed by atoms with Crippen molar-refractivity contribution < 1.29 is 4.92 Å². The lowest BCUT2D eigenvalue weighted by Crippen LogP contribution is -2.24. The molecule has 0 saturated carbocycles. The van der Waals surface area contributed by atoms with Crippen LogP contribution in [0.5, 0.6) is 0 Å². The van der Waals surface area contributed by atoms with Gasteiger partial charge in [0, 0.05) is 17.7 Å². The average Bonchev–Trinajstić information content (AvgIpc) is 2.60. The minimum Gasteiger partial charge on any atom is -0.312 e. The minimum absolute atomic E-state index is 0.0102. The number of nitro groups is 1. The Morgan fingerprint density at radius 1 is 1.04 bits per heavy atom. The van der Waals surface area contributed by atoms with E-state index < -0.39 is 21.7 Å². The molecule has 3 N–H and O–H groups in total. The molecule has 1 aromatic carbocycles. The van der Waals surface area contributed by atoms with Gasteiger partial charge in [0.25, 0.3) is 16.8 Å². The Morgan fingerprint density at radius 3 is 2.62 bits per heavy atom. The molecular weight excluding hydrogens is 344 g/mol. The molecule has 0 aliphatic rings. The van der Waals surface area contributed by atoms with Gasteiger partial charge in [-0.15, -0.1) is 0 Å². The molecule has 0 atom stereocenters. The maximum Gasteiger partial charge on any atom is 0.327 e. The van der Waals surface area contributed by atoms with E-state index in [2.05, 4.69) is 24.9 Å². The van der Waals surface area contributed by atoms with Crippen molar-refractivity contribution in [2.75, 3.05) is 0 Å². The van der Waals surface area contributed by atoms with Gasteiger partial charge in [-0.3, -0.25) is 29.7 Å². The smallest absolute Gasteiger partial charge is 0.312 e. The van der Waals surface area contributed by atoms with Crippen LogP contribution in [0.3, 0.4) is 0 Å². The number of hydrogen-bond donors (Lipinski definition) is 3. The fourth-order valence-corrected chi connectivity index (χ4v) is 2.79. The average molecular weight is 352 g/mol. The Hall–Kier alpha value is -4.15. The van der Waals surface area contributed by atoms with Crippen molar-refractivity contribution in [3.63, 3.8) is 0 Å². The molecule has 0 radical (unpaired) electrons. The zero-order chi connectivity index (χ0) is 18.4. The maximum absolute atomic E-state index is 12.4. The Balaban J connectivity index is 2.30. The molecule has 0 spiro atoms. The summed E-state index contributed by atoms with van der Waals surface area (Å²) in [5.74, 6) is 0. The highest BCUT2D eigenvalue weighted by Gasteiger charge is 2.19. The van der Waals surface area contributed by atoms with E-state index >= 15 is 0 Å². The normalized spacial score (nSPS) is 11.1. The molecule has 0 saturated heterocycles. The van der Waals surface area contributed by atoms with Gasteiger partial charge in [0.05, 0.1) is 22.0 Å². The number of nitro benzene ring substituents is 1. The van der Waals surface area contributed by atoms with Crippen LogP contribution in [-0.2, 0) is 0 Å². The topological polar surface area (TPSA) is 167 Å². The van der Waals surface area contributed by atoms with Gasteiger partial charge in [-0.25, -0.2) is 14.8 Å². The molecule has 4 rings (SSSR count). The number of non-ortho nitro benzene ring substituents is 1. The highest BCUT2D eigenvalue weighted by atomic mass is 16.6. The standard InChI is InChI=1S/C15H8N6O5/c22-13-9-8(6-2-1-3-7(4-6)21(25)26)10-12(18-11(9)16-5-17-13)19-15(24)20-14(10)23/h1-5H,(H3,16,17,18,19,20,22,23,24). The third-order valence-corrected chi connectivity index (χ3v) is 3.82. The first-order chi connectivity index (χ1) is 12.5. The van der Waals surface area contributed by atoms with E-state index in [-0.39, 0.29) is 38.9 Å². The lowest BCUT2D eigenvalue weighted by molar-refractivity contribution is -0.384. The molecule has 11 heteroatoms. The van der Waals surface area contributed by atoms with Crippen LogP contribution in [0.25, 0.3) is 33.2 Å². The van der Waals surface area contributed by atoms with E-state index in [0.717, 1.165) is 6.33 Å². The summed E-state index contributed by atoms with van der Waals surface area (Å²) >= 11 is 0. The summed E-state index contributed by atoms with van der Waals surface area (Å²) in [6.45, 7) is 0. The molecule has 11 nitrogen and oxygen atoms in total. The number of aromatic nitrogens is 5. The third-order valence-electron chi connectivity index (χ3n) is 3.82. The van der Waals surface area contributed by atoms with E-state index in [1.54, 1.807) is 0 Å². The van der Waals surface area contributed by atoms with Crippen LogP contribution in [0, 0.1) is 10.1 Å². The van der Waals surface area contributed by atoms with E-state index in [4.69, 9.17) is 0 Å². The molecule has 0 bridgehead atoms. The molecule has 4 aromatic rings. The highest BCUT2D eigenvalue weighted by Crippen LogP contribution is 2.31. The fraction of sp³-hybridized carbons (Fsp3) is 0. The van der Waals surface area contributed by atoms with Gasteiger partial charge in [0.1, 0.15) is 5.65 Å². The lowest BCUT2D eigenvalue weighted by Gasteiger charge is -2.08. The number of hydrogen-bond acceptors (Lipinski definition) is 7.